The van der Waals surface area contributed by atoms with E-state index in [0.717, 1.165) is 11.8 Å². The molecule has 1 unspecified atom stereocenters. The maximum absolute atomic E-state index is 3.38. The van der Waals surface area contributed by atoms with Crippen LogP contribution in [0.2, 0.25) is 0 Å². The van der Waals surface area contributed by atoms with Crippen molar-refractivity contribution in [3.8, 4) is 11.8 Å². The van der Waals surface area contributed by atoms with Crippen LogP contribution in [-0.2, 0) is 0 Å². The van der Waals surface area contributed by atoms with Crippen LogP contribution in [0.3, 0.4) is 0 Å². The molecule has 0 heterocycles. The second-order valence-corrected chi connectivity index (χ2v) is 3.86. The van der Waals surface area contributed by atoms with Gasteiger partial charge in [0.1, 0.15) is 0 Å². The van der Waals surface area contributed by atoms with Crippen molar-refractivity contribution in [1.82, 2.24) is 0 Å². The van der Waals surface area contributed by atoms with Gasteiger partial charge in [-0.1, -0.05) is 25.2 Å². The summed E-state index contributed by atoms with van der Waals surface area (Å²) in [6, 6.07) is 0. The molecule has 0 radical (unpaired) electrons. The fourth-order valence-corrected chi connectivity index (χ4v) is 2.39. The Labute approximate surface area is 69.4 Å². The van der Waals surface area contributed by atoms with Gasteiger partial charge in [0, 0.05) is 12.3 Å². The van der Waals surface area contributed by atoms with Gasteiger partial charge in [0.15, 0.2) is 0 Å². The van der Waals surface area contributed by atoms with Gasteiger partial charge >= 0.3 is 0 Å². The molecule has 1 saturated carbocycles. The average Bonchev–Trinajstić information content (AvgIpc) is 2.58. The topological polar surface area (TPSA) is 0 Å². The maximum atomic E-state index is 3.38. The molecule has 60 valence electrons. The fourth-order valence-electron chi connectivity index (χ4n) is 2.39. The first-order chi connectivity index (χ1) is 5.47. The van der Waals surface area contributed by atoms with Crippen LogP contribution in [0.5, 0.6) is 0 Å². The summed E-state index contributed by atoms with van der Waals surface area (Å²) in [6.45, 7) is 0. The largest absolute Gasteiger partial charge is 0.103 e. The van der Waals surface area contributed by atoms with Gasteiger partial charge in [-0.15, -0.1) is 5.92 Å². The molecule has 2 rings (SSSR count). The van der Waals surface area contributed by atoms with E-state index in [-0.39, 0.29) is 0 Å². The van der Waals surface area contributed by atoms with Gasteiger partial charge < -0.3 is 0 Å². The summed E-state index contributed by atoms with van der Waals surface area (Å²) in [5.41, 5.74) is 0. The zero-order chi connectivity index (χ0) is 7.52. The predicted molar refractivity (Wildman–Crippen MR) is 47.1 cm³/mol. The molecule has 2 aliphatic rings. The van der Waals surface area contributed by atoms with Crippen molar-refractivity contribution < 1.29 is 0 Å². The Morgan fingerprint density at radius 2 is 1.73 bits per heavy atom. The summed E-state index contributed by atoms with van der Waals surface area (Å²) in [4.78, 5) is 0. The molecule has 0 aromatic heterocycles. The smallest absolute Gasteiger partial charge is 0.0240 e. The highest BCUT2D eigenvalue weighted by Crippen LogP contribution is 2.33. The normalized spacial score (nSPS) is 31.5. The van der Waals surface area contributed by atoms with E-state index < -0.39 is 0 Å². The molecule has 0 bridgehead atoms. The van der Waals surface area contributed by atoms with Crippen LogP contribution >= 0.6 is 0 Å². The average molecular weight is 148 g/mol. The maximum Gasteiger partial charge on any atom is 0.0240 e. The van der Waals surface area contributed by atoms with Crippen LogP contribution in [-0.4, -0.2) is 0 Å². The van der Waals surface area contributed by atoms with Crippen LogP contribution in [0.15, 0.2) is 0 Å². The van der Waals surface area contributed by atoms with Crippen molar-refractivity contribution >= 4 is 0 Å². The summed E-state index contributed by atoms with van der Waals surface area (Å²) in [5.74, 6) is 8.35. The molecular weight excluding hydrogens is 132 g/mol. The van der Waals surface area contributed by atoms with E-state index >= 15 is 0 Å². The minimum absolute atomic E-state index is 0.787. The molecule has 0 nitrogen and oxygen atoms in total. The van der Waals surface area contributed by atoms with Gasteiger partial charge in [0.2, 0.25) is 0 Å². The predicted octanol–water partition coefficient (Wildman–Crippen LogP) is 2.98. The fraction of sp³-hybridized carbons (Fsp3) is 0.818. The quantitative estimate of drug-likeness (QED) is 0.501. The highest BCUT2D eigenvalue weighted by Gasteiger charge is 2.22. The molecule has 0 N–H and O–H groups in total. The molecule has 11 heavy (non-hydrogen) atoms. The first kappa shape index (κ1) is 7.22. The Bertz CT molecular complexity index is 176. The lowest BCUT2D eigenvalue weighted by molar-refractivity contribution is 0.288. The lowest BCUT2D eigenvalue weighted by atomic mass is 9.80. The standard InChI is InChI=1S/C11H16/c1-2-6-10(7-3-1)11-8-4-5-9-11/h10-11H,1-4,6-8H2. The molecule has 0 saturated heterocycles. The van der Waals surface area contributed by atoms with E-state index in [1.54, 1.807) is 0 Å². The van der Waals surface area contributed by atoms with E-state index in [4.69, 9.17) is 0 Å². The van der Waals surface area contributed by atoms with Crippen LogP contribution in [0.1, 0.15) is 44.9 Å². The molecule has 0 aliphatic heterocycles. The van der Waals surface area contributed by atoms with Gasteiger partial charge in [0.05, 0.1) is 0 Å². The highest BCUT2D eigenvalue weighted by molar-refractivity contribution is 5.12. The van der Waals surface area contributed by atoms with Gasteiger partial charge in [0.25, 0.3) is 0 Å². The third-order valence-electron chi connectivity index (χ3n) is 3.09. The summed E-state index contributed by atoms with van der Waals surface area (Å²) in [7, 11) is 0. The zero-order valence-electron chi connectivity index (χ0n) is 7.10. The number of hydrogen-bond acceptors (Lipinski definition) is 0. The lowest BCUT2D eigenvalue weighted by Gasteiger charge is -2.24. The Balaban J connectivity index is 1.89. The lowest BCUT2D eigenvalue weighted by Crippen LogP contribution is -2.14. The van der Waals surface area contributed by atoms with E-state index in [0.29, 0.717) is 0 Å². The Morgan fingerprint density at radius 1 is 0.909 bits per heavy atom. The second-order valence-electron chi connectivity index (χ2n) is 3.86. The minimum Gasteiger partial charge on any atom is -0.103 e. The van der Waals surface area contributed by atoms with Crippen molar-refractivity contribution in [3.05, 3.63) is 0 Å². The van der Waals surface area contributed by atoms with Crippen LogP contribution in [0, 0.1) is 23.7 Å². The van der Waals surface area contributed by atoms with Gasteiger partial charge in [-0.05, 0) is 25.2 Å². The van der Waals surface area contributed by atoms with Crippen molar-refractivity contribution in [2.75, 3.05) is 0 Å². The summed E-state index contributed by atoms with van der Waals surface area (Å²) in [5, 5.41) is 0. The number of rotatable bonds is 1. The van der Waals surface area contributed by atoms with E-state index in [2.05, 4.69) is 11.8 Å². The van der Waals surface area contributed by atoms with Gasteiger partial charge in [-0.3, -0.25) is 0 Å². The third-order valence-corrected chi connectivity index (χ3v) is 3.09. The van der Waals surface area contributed by atoms with Crippen molar-refractivity contribution in [3.63, 3.8) is 0 Å². The van der Waals surface area contributed by atoms with Crippen molar-refractivity contribution in [2.24, 2.45) is 11.8 Å². The second kappa shape index (κ2) is 3.30. The summed E-state index contributed by atoms with van der Waals surface area (Å²) >= 11 is 0. The molecular formula is C11H16. The SMILES string of the molecule is C1#CC(C2CCCCC2)CC1. The van der Waals surface area contributed by atoms with Crippen LogP contribution < -0.4 is 0 Å². The Kier molecular flexibility index (Phi) is 2.17. The molecule has 1 atom stereocenters. The van der Waals surface area contributed by atoms with Crippen LogP contribution in [0.25, 0.3) is 0 Å². The molecule has 0 aromatic carbocycles. The molecule has 0 heteroatoms. The van der Waals surface area contributed by atoms with E-state index in [1.165, 1.54) is 44.9 Å². The monoisotopic (exact) mass is 148 g/mol. The first-order valence-electron chi connectivity index (χ1n) is 4.95. The van der Waals surface area contributed by atoms with Crippen molar-refractivity contribution in [1.29, 1.82) is 0 Å². The highest BCUT2D eigenvalue weighted by atomic mass is 14.3. The first-order valence-corrected chi connectivity index (χ1v) is 4.95. The van der Waals surface area contributed by atoms with Crippen LogP contribution in [0.4, 0.5) is 0 Å². The Morgan fingerprint density at radius 3 is 2.36 bits per heavy atom. The summed E-state index contributed by atoms with van der Waals surface area (Å²) < 4.78 is 0. The van der Waals surface area contributed by atoms with Crippen molar-refractivity contribution in [2.45, 2.75) is 44.9 Å². The molecule has 1 fully saturated rings. The molecule has 0 aromatic rings. The Hall–Kier alpha value is -0.440. The van der Waals surface area contributed by atoms with E-state index in [1.807, 2.05) is 0 Å². The molecule has 2 aliphatic carbocycles. The zero-order valence-corrected chi connectivity index (χ0v) is 7.10. The van der Waals surface area contributed by atoms with E-state index in [9.17, 15) is 0 Å². The summed E-state index contributed by atoms with van der Waals surface area (Å²) in [6.07, 6.45) is 9.81. The van der Waals surface area contributed by atoms with Gasteiger partial charge in [-0.2, -0.15) is 0 Å². The minimum atomic E-state index is 0.787. The third kappa shape index (κ3) is 1.59. The molecule has 0 amide bonds. The molecule has 0 spiro atoms. The number of hydrogen-bond donors (Lipinski definition) is 0. The van der Waals surface area contributed by atoms with Gasteiger partial charge in [-0.25, -0.2) is 0 Å².